The van der Waals surface area contributed by atoms with E-state index < -0.39 is 0 Å². The predicted octanol–water partition coefficient (Wildman–Crippen LogP) is 3.74. The molecule has 0 amide bonds. The monoisotopic (exact) mass is 383 g/mol. The second-order valence-electron chi connectivity index (χ2n) is 6.37. The highest BCUT2D eigenvalue weighted by Gasteiger charge is 2.17. The minimum absolute atomic E-state index is 0.172. The molecule has 0 aliphatic carbocycles. The summed E-state index contributed by atoms with van der Waals surface area (Å²) in [6.45, 7) is 4.10. The van der Waals surface area contributed by atoms with Crippen LogP contribution in [0.3, 0.4) is 0 Å². The maximum atomic E-state index is 5.78. The van der Waals surface area contributed by atoms with Gasteiger partial charge in [0.15, 0.2) is 6.61 Å². The number of anilines is 1. The molecule has 1 aliphatic heterocycles. The van der Waals surface area contributed by atoms with Crippen LogP contribution < -0.4 is 9.64 Å². The summed E-state index contributed by atoms with van der Waals surface area (Å²) in [6.07, 6.45) is 4.40. The van der Waals surface area contributed by atoms with E-state index in [2.05, 4.69) is 25.0 Å². The molecule has 1 aromatic carbocycles. The summed E-state index contributed by atoms with van der Waals surface area (Å²) >= 11 is 1.70. The fraction of sp³-hybridized carbons (Fsp3) is 0.368. The molecule has 0 radical (unpaired) electrons. The Morgan fingerprint density at radius 2 is 1.89 bits per heavy atom. The highest BCUT2D eigenvalue weighted by molar-refractivity contribution is 7.98. The van der Waals surface area contributed by atoms with Crippen LogP contribution >= 0.6 is 11.8 Å². The summed E-state index contributed by atoms with van der Waals surface area (Å²) < 4.78 is 11.1. The zero-order valence-corrected chi connectivity index (χ0v) is 16.2. The van der Waals surface area contributed by atoms with Crippen LogP contribution in [0.2, 0.25) is 0 Å². The first-order chi connectivity index (χ1) is 13.2. The normalized spacial score (nSPS) is 13.9. The Balaban J connectivity index is 1.43. The van der Waals surface area contributed by atoms with E-state index in [1.807, 2.05) is 43.5 Å². The number of aromatic nitrogens is 4. The Morgan fingerprint density at radius 3 is 2.63 bits per heavy atom. The minimum atomic E-state index is 0.172. The first-order valence-electron chi connectivity index (χ1n) is 8.92. The standard InChI is InChI=1S/C19H21N5O2S/c1-13-11-16(22-19(20-13)24-9-3-4-10-24)25-12-17-21-18(23-26-17)14-5-7-15(27-2)8-6-14/h5-8,11H,3-4,9-10,12H2,1-2H3. The van der Waals surface area contributed by atoms with Crippen LogP contribution in [0.1, 0.15) is 24.4 Å². The van der Waals surface area contributed by atoms with Crippen LogP contribution in [-0.4, -0.2) is 39.5 Å². The van der Waals surface area contributed by atoms with Gasteiger partial charge in [-0.3, -0.25) is 0 Å². The third-order valence-electron chi connectivity index (χ3n) is 4.37. The molecular weight excluding hydrogens is 362 g/mol. The zero-order chi connectivity index (χ0) is 18.6. The third kappa shape index (κ3) is 4.21. The lowest BCUT2D eigenvalue weighted by Crippen LogP contribution is -2.21. The highest BCUT2D eigenvalue weighted by Crippen LogP contribution is 2.22. The number of thioether (sulfide) groups is 1. The van der Waals surface area contributed by atoms with E-state index in [4.69, 9.17) is 9.26 Å². The van der Waals surface area contributed by atoms with Gasteiger partial charge in [0.05, 0.1) is 0 Å². The van der Waals surface area contributed by atoms with Gasteiger partial charge in [0.1, 0.15) is 0 Å². The van der Waals surface area contributed by atoms with Crippen LogP contribution in [0.5, 0.6) is 5.88 Å². The average molecular weight is 383 g/mol. The molecule has 140 valence electrons. The van der Waals surface area contributed by atoms with Crippen LogP contribution in [-0.2, 0) is 6.61 Å². The van der Waals surface area contributed by atoms with Crippen LogP contribution in [0, 0.1) is 6.92 Å². The maximum absolute atomic E-state index is 5.78. The molecule has 1 saturated heterocycles. The van der Waals surface area contributed by atoms with Crippen LogP contribution in [0.15, 0.2) is 39.8 Å². The molecule has 8 heteroatoms. The molecule has 0 spiro atoms. The largest absolute Gasteiger partial charge is 0.467 e. The Bertz CT molecular complexity index is 907. The van der Waals surface area contributed by atoms with Gasteiger partial charge in [-0.05, 0) is 50.3 Å². The quantitative estimate of drug-likeness (QED) is 0.596. The van der Waals surface area contributed by atoms with Crippen molar-refractivity contribution >= 4 is 17.7 Å². The van der Waals surface area contributed by atoms with Crippen molar-refractivity contribution in [1.82, 2.24) is 20.1 Å². The summed E-state index contributed by atoms with van der Waals surface area (Å²) in [6, 6.07) is 9.86. The van der Waals surface area contributed by atoms with Crippen molar-refractivity contribution in [3.8, 4) is 17.3 Å². The third-order valence-corrected chi connectivity index (χ3v) is 5.11. The highest BCUT2D eigenvalue weighted by atomic mass is 32.2. The van der Waals surface area contributed by atoms with E-state index in [-0.39, 0.29) is 6.61 Å². The lowest BCUT2D eigenvalue weighted by atomic mass is 10.2. The number of nitrogens with zero attached hydrogens (tertiary/aromatic N) is 5. The molecule has 7 nitrogen and oxygen atoms in total. The van der Waals surface area contributed by atoms with Crippen molar-refractivity contribution in [2.24, 2.45) is 0 Å². The summed E-state index contributed by atoms with van der Waals surface area (Å²) in [5, 5.41) is 4.04. The maximum Gasteiger partial charge on any atom is 0.264 e. The van der Waals surface area contributed by atoms with Crippen molar-refractivity contribution < 1.29 is 9.26 Å². The van der Waals surface area contributed by atoms with Gasteiger partial charge in [0.2, 0.25) is 17.7 Å². The van der Waals surface area contributed by atoms with Gasteiger partial charge in [0.25, 0.3) is 5.89 Å². The number of aryl methyl sites for hydroxylation is 1. The molecule has 0 saturated carbocycles. The fourth-order valence-electron chi connectivity index (χ4n) is 2.96. The predicted molar refractivity (Wildman–Crippen MR) is 104 cm³/mol. The Morgan fingerprint density at radius 1 is 1.11 bits per heavy atom. The molecule has 0 atom stereocenters. The van der Waals surface area contributed by atoms with E-state index in [0.29, 0.717) is 17.6 Å². The number of hydrogen-bond donors (Lipinski definition) is 0. The Labute approximate surface area is 162 Å². The molecule has 2 aromatic heterocycles. The molecular formula is C19H21N5O2S. The van der Waals surface area contributed by atoms with E-state index in [0.717, 1.165) is 30.3 Å². The molecule has 0 N–H and O–H groups in total. The lowest BCUT2D eigenvalue weighted by molar-refractivity contribution is 0.235. The molecule has 3 heterocycles. The van der Waals surface area contributed by atoms with Crippen LogP contribution in [0.4, 0.5) is 5.95 Å². The Hall–Kier alpha value is -2.61. The average Bonchev–Trinajstić information content (AvgIpc) is 3.38. The summed E-state index contributed by atoms with van der Waals surface area (Å²) in [7, 11) is 0. The minimum Gasteiger partial charge on any atom is -0.467 e. The van der Waals surface area contributed by atoms with Gasteiger partial charge >= 0.3 is 0 Å². The second-order valence-corrected chi connectivity index (χ2v) is 7.25. The van der Waals surface area contributed by atoms with Gasteiger partial charge < -0.3 is 14.2 Å². The van der Waals surface area contributed by atoms with Gasteiger partial charge in [-0.15, -0.1) is 11.8 Å². The van der Waals surface area contributed by atoms with E-state index in [1.165, 1.54) is 17.7 Å². The van der Waals surface area contributed by atoms with E-state index in [1.54, 1.807) is 11.8 Å². The summed E-state index contributed by atoms with van der Waals surface area (Å²) in [5.41, 5.74) is 1.79. The van der Waals surface area contributed by atoms with E-state index in [9.17, 15) is 0 Å². The molecule has 0 unspecified atom stereocenters. The smallest absolute Gasteiger partial charge is 0.264 e. The SMILES string of the molecule is CSc1ccc(-c2noc(COc3cc(C)nc(N4CCCC4)n3)n2)cc1. The van der Waals surface area contributed by atoms with Crippen molar-refractivity contribution in [3.63, 3.8) is 0 Å². The van der Waals surface area contributed by atoms with Gasteiger partial charge in [0, 0.05) is 35.3 Å². The van der Waals surface area contributed by atoms with Crippen molar-refractivity contribution in [1.29, 1.82) is 0 Å². The molecule has 1 aliphatic rings. The number of hydrogen-bond acceptors (Lipinski definition) is 8. The molecule has 0 bridgehead atoms. The first kappa shape index (κ1) is 17.8. The number of ether oxygens (including phenoxy) is 1. The van der Waals surface area contributed by atoms with E-state index >= 15 is 0 Å². The molecule has 1 fully saturated rings. The van der Waals surface area contributed by atoms with Crippen molar-refractivity contribution in [2.45, 2.75) is 31.3 Å². The lowest BCUT2D eigenvalue weighted by Gasteiger charge is -2.16. The molecule has 27 heavy (non-hydrogen) atoms. The summed E-state index contributed by atoms with van der Waals surface area (Å²) in [5.74, 6) is 2.21. The second kappa shape index (κ2) is 7.96. The Kier molecular flexibility index (Phi) is 5.24. The van der Waals surface area contributed by atoms with Gasteiger partial charge in [-0.2, -0.15) is 9.97 Å². The van der Waals surface area contributed by atoms with Gasteiger partial charge in [-0.1, -0.05) is 5.16 Å². The first-order valence-corrected chi connectivity index (χ1v) is 10.1. The topological polar surface area (TPSA) is 77.2 Å². The summed E-state index contributed by atoms with van der Waals surface area (Å²) in [4.78, 5) is 16.8. The zero-order valence-electron chi connectivity index (χ0n) is 15.4. The van der Waals surface area contributed by atoms with Crippen molar-refractivity contribution in [2.75, 3.05) is 24.2 Å². The number of rotatable bonds is 6. The van der Waals surface area contributed by atoms with Crippen molar-refractivity contribution in [3.05, 3.63) is 41.9 Å². The van der Waals surface area contributed by atoms with Gasteiger partial charge in [-0.25, -0.2) is 4.98 Å². The molecule has 4 rings (SSSR count). The number of benzene rings is 1. The molecule has 3 aromatic rings. The fourth-order valence-corrected chi connectivity index (χ4v) is 3.37. The van der Waals surface area contributed by atoms with Crippen LogP contribution in [0.25, 0.3) is 11.4 Å².